The minimum Gasteiger partial charge on any atom is -0.456 e. The number of esters is 1. The van der Waals surface area contributed by atoms with Crippen molar-refractivity contribution >= 4 is 11.7 Å². The predicted molar refractivity (Wildman–Crippen MR) is 95.2 cm³/mol. The highest BCUT2D eigenvalue weighted by Gasteiger charge is 2.23. The molecule has 0 radical (unpaired) electrons. The molecular weight excluding hydrogens is 342 g/mol. The van der Waals surface area contributed by atoms with Crippen molar-refractivity contribution in [2.24, 2.45) is 0 Å². The Balaban J connectivity index is 2.76. The van der Waals surface area contributed by atoms with Crippen LogP contribution in [0.1, 0.15) is 43.6 Å². The second kappa shape index (κ2) is 10.2. The van der Waals surface area contributed by atoms with Gasteiger partial charge in [0.05, 0.1) is 29.8 Å². The van der Waals surface area contributed by atoms with Gasteiger partial charge >= 0.3 is 5.97 Å². The number of carbonyl (C=O) groups excluding carboxylic acids is 1. The summed E-state index contributed by atoms with van der Waals surface area (Å²) in [5, 5.41) is 11.4. The third-order valence-corrected chi connectivity index (χ3v) is 3.29. The van der Waals surface area contributed by atoms with Gasteiger partial charge in [-0.2, -0.15) is 0 Å². The fourth-order valence-electron chi connectivity index (χ4n) is 2.10. The van der Waals surface area contributed by atoms with Gasteiger partial charge in [-0.25, -0.2) is 4.79 Å². The lowest BCUT2D eigenvalue weighted by Gasteiger charge is -2.19. The van der Waals surface area contributed by atoms with E-state index in [2.05, 4.69) is 0 Å². The Morgan fingerprint density at radius 1 is 1.27 bits per heavy atom. The highest BCUT2D eigenvalue weighted by molar-refractivity contribution is 5.90. The molecule has 146 valence electrons. The van der Waals surface area contributed by atoms with Crippen LogP contribution in [0.3, 0.4) is 0 Å². The number of ether oxygens (including phenoxy) is 4. The number of rotatable bonds is 10. The lowest BCUT2D eigenvalue weighted by atomic mass is 10.0. The van der Waals surface area contributed by atoms with E-state index in [-0.39, 0.29) is 24.1 Å². The zero-order valence-corrected chi connectivity index (χ0v) is 15.9. The molecule has 0 saturated carbocycles. The summed E-state index contributed by atoms with van der Waals surface area (Å²) in [6.07, 6.45) is 0.0297. The molecule has 8 nitrogen and oxygen atoms in total. The first-order valence-electron chi connectivity index (χ1n) is 8.33. The van der Waals surface area contributed by atoms with E-state index in [0.717, 1.165) is 0 Å². The molecule has 0 heterocycles. The van der Waals surface area contributed by atoms with Crippen molar-refractivity contribution < 1.29 is 28.7 Å². The Hall–Kier alpha value is -2.03. The molecule has 1 aromatic carbocycles. The van der Waals surface area contributed by atoms with Crippen LogP contribution in [-0.4, -0.2) is 49.7 Å². The molecule has 1 rings (SSSR count). The van der Waals surface area contributed by atoms with Crippen molar-refractivity contribution in [1.82, 2.24) is 0 Å². The molecule has 0 aromatic heterocycles. The third-order valence-electron chi connectivity index (χ3n) is 3.29. The molecule has 1 unspecified atom stereocenters. The van der Waals surface area contributed by atoms with E-state index in [1.54, 1.807) is 40.9 Å². The Labute approximate surface area is 153 Å². The van der Waals surface area contributed by atoms with Crippen LogP contribution in [0, 0.1) is 10.1 Å². The monoisotopic (exact) mass is 369 g/mol. The molecule has 1 atom stereocenters. The summed E-state index contributed by atoms with van der Waals surface area (Å²) in [5.74, 6) is -0.594. The molecular formula is C18H27NO7. The van der Waals surface area contributed by atoms with Gasteiger partial charge in [-0.1, -0.05) is 6.07 Å². The number of carbonyl (C=O) groups is 1. The van der Waals surface area contributed by atoms with Crippen LogP contribution in [0.15, 0.2) is 18.2 Å². The predicted octanol–water partition coefficient (Wildman–Crippen LogP) is 3.12. The first-order chi connectivity index (χ1) is 12.1. The Bertz CT molecular complexity index is 610. The fraction of sp³-hybridized carbons (Fsp3) is 0.611. The minimum atomic E-state index is -0.671. The SMILES string of the molecule is COCCOCOC(C)Cc1ccc(C(=O)OC(C)(C)C)cc1[N+](=O)[O-]. The van der Waals surface area contributed by atoms with E-state index < -0.39 is 16.5 Å². The van der Waals surface area contributed by atoms with Crippen molar-refractivity contribution in [3.63, 3.8) is 0 Å². The Kier molecular flexibility index (Phi) is 8.64. The van der Waals surface area contributed by atoms with Gasteiger partial charge in [0, 0.05) is 25.2 Å². The molecule has 0 aliphatic carbocycles. The maximum absolute atomic E-state index is 12.1. The third kappa shape index (κ3) is 7.90. The van der Waals surface area contributed by atoms with Crippen molar-refractivity contribution in [2.75, 3.05) is 27.1 Å². The van der Waals surface area contributed by atoms with E-state index in [1.807, 2.05) is 0 Å². The highest BCUT2D eigenvalue weighted by atomic mass is 16.7. The summed E-state index contributed by atoms with van der Waals surface area (Å²) in [5.41, 5.74) is -0.182. The minimum absolute atomic E-state index is 0.0777. The van der Waals surface area contributed by atoms with Crippen LogP contribution in [-0.2, 0) is 25.4 Å². The van der Waals surface area contributed by atoms with E-state index >= 15 is 0 Å². The number of hydrogen-bond donors (Lipinski definition) is 0. The summed E-state index contributed by atoms with van der Waals surface area (Å²) in [4.78, 5) is 23.0. The van der Waals surface area contributed by atoms with Gasteiger partial charge < -0.3 is 18.9 Å². The molecule has 0 N–H and O–H groups in total. The maximum Gasteiger partial charge on any atom is 0.338 e. The molecule has 1 aromatic rings. The molecule has 8 heteroatoms. The second-order valence-electron chi connectivity index (χ2n) is 6.80. The molecule has 0 fully saturated rings. The number of nitro groups is 1. The van der Waals surface area contributed by atoms with Gasteiger partial charge in [0.25, 0.3) is 5.69 Å². The van der Waals surface area contributed by atoms with Gasteiger partial charge in [0.1, 0.15) is 12.4 Å². The average molecular weight is 369 g/mol. The van der Waals surface area contributed by atoms with E-state index in [9.17, 15) is 14.9 Å². The molecule has 0 amide bonds. The number of hydrogen-bond acceptors (Lipinski definition) is 7. The molecule has 0 saturated heterocycles. The van der Waals surface area contributed by atoms with Crippen molar-refractivity contribution in [1.29, 1.82) is 0 Å². The topological polar surface area (TPSA) is 97.1 Å². The standard InChI is InChI=1S/C18H27NO7/c1-13(25-12-24-9-8-23-5)10-14-6-7-15(11-16(14)19(21)22)17(20)26-18(2,3)4/h6-7,11,13H,8-10,12H2,1-5H3. The highest BCUT2D eigenvalue weighted by Crippen LogP contribution is 2.24. The van der Waals surface area contributed by atoms with Crippen LogP contribution in [0.4, 0.5) is 5.69 Å². The molecule has 0 aliphatic rings. The van der Waals surface area contributed by atoms with Gasteiger partial charge in [-0.05, 0) is 33.8 Å². The lowest BCUT2D eigenvalue weighted by Crippen LogP contribution is -2.24. The lowest BCUT2D eigenvalue weighted by molar-refractivity contribution is -0.385. The first kappa shape index (κ1) is 22.0. The smallest absolute Gasteiger partial charge is 0.338 e. The number of nitrogens with zero attached hydrogens (tertiary/aromatic N) is 1. The average Bonchev–Trinajstić information content (AvgIpc) is 2.53. The fourth-order valence-corrected chi connectivity index (χ4v) is 2.10. The zero-order valence-electron chi connectivity index (χ0n) is 15.9. The van der Waals surface area contributed by atoms with Gasteiger partial charge in [-0.15, -0.1) is 0 Å². The Morgan fingerprint density at radius 2 is 1.96 bits per heavy atom. The summed E-state index contributed by atoms with van der Waals surface area (Å²) >= 11 is 0. The van der Waals surface area contributed by atoms with E-state index in [1.165, 1.54) is 12.1 Å². The quantitative estimate of drug-likeness (QED) is 0.205. The van der Waals surface area contributed by atoms with Crippen LogP contribution < -0.4 is 0 Å². The maximum atomic E-state index is 12.1. The molecule has 0 aliphatic heterocycles. The molecule has 0 bridgehead atoms. The normalized spacial score (nSPS) is 12.7. The first-order valence-corrected chi connectivity index (χ1v) is 8.33. The van der Waals surface area contributed by atoms with Crippen molar-refractivity contribution in [3.05, 3.63) is 39.4 Å². The summed E-state index contributed by atoms with van der Waals surface area (Å²) in [6.45, 7) is 7.97. The largest absolute Gasteiger partial charge is 0.456 e. The van der Waals surface area contributed by atoms with E-state index in [0.29, 0.717) is 25.2 Å². The van der Waals surface area contributed by atoms with Crippen LogP contribution in [0.2, 0.25) is 0 Å². The number of benzene rings is 1. The van der Waals surface area contributed by atoms with Crippen LogP contribution in [0.5, 0.6) is 0 Å². The summed E-state index contributed by atoms with van der Waals surface area (Å²) in [7, 11) is 1.58. The van der Waals surface area contributed by atoms with Gasteiger partial charge in [0.2, 0.25) is 0 Å². The van der Waals surface area contributed by atoms with E-state index in [4.69, 9.17) is 18.9 Å². The molecule has 26 heavy (non-hydrogen) atoms. The summed E-state index contributed by atoms with van der Waals surface area (Å²) < 4.78 is 20.8. The van der Waals surface area contributed by atoms with Crippen molar-refractivity contribution in [2.45, 2.75) is 45.8 Å². The Morgan fingerprint density at radius 3 is 2.54 bits per heavy atom. The van der Waals surface area contributed by atoms with Gasteiger partial charge in [-0.3, -0.25) is 10.1 Å². The zero-order chi connectivity index (χ0) is 19.7. The number of nitro benzene ring substituents is 1. The van der Waals surface area contributed by atoms with Crippen LogP contribution in [0.25, 0.3) is 0 Å². The summed E-state index contributed by atoms with van der Waals surface area (Å²) in [6, 6.07) is 4.33. The number of methoxy groups -OCH3 is 1. The van der Waals surface area contributed by atoms with Crippen LogP contribution >= 0.6 is 0 Å². The van der Waals surface area contributed by atoms with Crippen molar-refractivity contribution in [3.8, 4) is 0 Å². The molecule has 0 spiro atoms. The second-order valence-corrected chi connectivity index (χ2v) is 6.80. The van der Waals surface area contributed by atoms with Gasteiger partial charge in [0.15, 0.2) is 0 Å².